The third-order valence-corrected chi connectivity index (χ3v) is 3.83. The lowest BCUT2D eigenvalue weighted by Crippen LogP contribution is -2.02. The topological polar surface area (TPSA) is 48.1 Å². The molecule has 2 heterocycles. The van der Waals surface area contributed by atoms with E-state index in [0.29, 0.717) is 5.92 Å². The molecule has 1 aromatic heterocycles. The molecule has 3 nitrogen and oxygen atoms in total. The Morgan fingerprint density at radius 3 is 3.13 bits per heavy atom. The van der Waals surface area contributed by atoms with E-state index in [2.05, 4.69) is 6.92 Å². The first-order chi connectivity index (χ1) is 7.31. The summed E-state index contributed by atoms with van der Waals surface area (Å²) in [5, 5.41) is 1.24. The van der Waals surface area contributed by atoms with E-state index in [1.54, 1.807) is 0 Å². The summed E-state index contributed by atoms with van der Waals surface area (Å²) in [6.45, 7) is 4.65. The molecule has 0 amide bonds. The summed E-state index contributed by atoms with van der Waals surface area (Å²) in [5.74, 6) is 0.535. The maximum atomic E-state index is 5.50. The van der Waals surface area contributed by atoms with Gasteiger partial charge >= 0.3 is 0 Å². The zero-order valence-electron chi connectivity index (χ0n) is 9.16. The van der Waals surface area contributed by atoms with E-state index in [1.807, 2.05) is 11.3 Å². The molecule has 1 fully saturated rings. The van der Waals surface area contributed by atoms with Gasteiger partial charge in [0.15, 0.2) is 0 Å². The van der Waals surface area contributed by atoms with Gasteiger partial charge in [-0.25, -0.2) is 4.98 Å². The van der Waals surface area contributed by atoms with Crippen LogP contribution in [0.4, 0.5) is 0 Å². The number of thiazole rings is 1. The monoisotopic (exact) mass is 226 g/mol. The van der Waals surface area contributed by atoms with Crippen LogP contribution in [0.1, 0.15) is 34.3 Å². The zero-order chi connectivity index (χ0) is 10.7. The molecule has 1 saturated heterocycles. The fourth-order valence-electron chi connectivity index (χ4n) is 1.95. The highest BCUT2D eigenvalue weighted by atomic mass is 32.1. The molecule has 4 heteroatoms. The minimum atomic E-state index is 0.535. The molecular weight excluding hydrogens is 208 g/mol. The molecule has 2 N–H and O–H groups in total. The number of aromatic nitrogens is 1. The second kappa shape index (κ2) is 5.05. The fraction of sp³-hybridized carbons (Fsp3) is 0.727. The lowest BCUT2D eigenvalue weighted by Gasteiger charge is -2.03. The Kier molecular flexibility index (Phi) is 3.72. The summed E-state index contributed by atoms with van der Waals surface area (Å²) in [6.07, 6.45) is 3.18. The van der Waals surface area contributed by atoms with Crippen molar-refractivity contribution in [2.45, 2.75) is 32.1 Å². The van der Waals surface area contributed by atoms with Gasteiger partial charge in [-0.2, -0.15) is 0 Å². The SMILES string of the molecule is Cc1sc(CCCN)nc1C1CCOC1. The Hall–Kier alpha value is -0.450. The number of nitrogens with two attached hydrogens (primary N) is 1. The van der Waals surface area contributed by atoms with E-state index in [9.17, 15) is 0 Å². The van der Waals surface area contributed by atoms with Gasteiger partial charge < -0.3 is 10.5 Å². The van der Waals surface area contributed by atoms with E-state index >= 15 is 0 Å². The molecule has 84 valence electrons. The number of ether oxygens (including phenoxy) is 1. The van der Waals surface area contributed by atoms with Crippen LogP contribution >= 0.6 is 11.3 Å². The molecule has 1 atom stereocenters. The predicted octanol–water partition coefficient (Wildman–Crippen LogP) is 1.85. The molecule has 15 heavy (non-hydrogen) atoms. The maximum absolute atomic E-state index is 5.50. The first-order valence-electron chi connectivity index (χ1n) is 5.55. The number of rotatable bonds is 4. The fourth-order valence-corrected chi connectivity index (χ4v) is 3.01. The van der Waals surface area contributed by atoms with Crippen molar-refractivity contribution < 1.29 is 4.74 Å². The van der Waals surface area contributed by atoms with Crippen molar-refractivity contribution in [3.05, 3.63) is 15.6 Å². The van der Waals surface area contributed by atoms with Crippen molar-refractivity contribution >= 4 is 11.3 Å². The van der Waals surface area contributed by atoms with Gasteiger partial charge in [0, 0.05) is 23.8 Å². The molecule has 0 radical (unpaired) electrons. The normalized spacial score (nSPS) is 21.1. The number of hydrogen-bond donors (Lipinski definition) is 1. The van der Waals surface area contributed by atoms with Gasteiger partial charge in [0.25, 0.3) is 0 Å². The van der Waals surface area contributed by atoms with E-state index in [1.165, 1.54) is 15.6 Å². The van der Waals surface area contributed by atoms with Crippen LogP contribution in [-0.2, 0) is 11.2 Å². The molecule has 0 aromatic carbocycles. The Bertz CT molecular complexity index is 318. The molecule has 1 aliphatic rings. The number of nitrogens with zero attached hydrogens (tertiary/aromatic N) is 1. The predicted molar refractivity (Wildman–Crippen MR) is 62.4 cm³/mol. The van der Waals surface area contributed by atoms with Crippen molar-refractivity contribution in [3.8, 4) is 0 Å². The van der Waals surface area contributed by atoms with Crippen LogP contribution in [0.25, 0.3) is 0 Å². The smallest absolute Gasteiger partial charge is 0.0931 e. The first-order valence-corrected chi connectivity index (χ1v) is 6.37. The minimum absolute atomic E-state index is 0.535. The first kappa shape index (κ1) is 11.0. The highest BCUT2D eigenvalue weighted by Crippen LogP contribution is 2.30. The lowest BCUT2D eigenvalue weighted by atomic mass is 10.0. The Morgan fingerprint density at radius 2 is 2.47 bits per heavy atom. The summed E-state index contributed by atoms with van der Waals surface area (Å²) in [5.41, 5.74) is 6.77. The highest BCUT2D eigenvalue weighted by Gasteiger charge is 2.22. The van der Waals surface area contributed by atoms with Gasteiger partial charge in [-0.15, -0.1) is 11.3 Å². The van der Waals surface area contributed by atoms with E-state index in [-0.39, 0.29) is 0 Å². The molecule has 2 rings (SSSR count). The second-order valence-corrected chi connectivity index (χ2v) is 5.29. The molecule has 0 bridgehead atoms. The molecule has 0 spiro atoms. The number of hydrogen-bond acceptors (Lipinski definition) is 4. The van der Waals surface area contributed by atoms with Gasteiger partial charge in [-0.05, 0) is 26.3 Å². The summed E-state index contributed by atoms with van der Waals surface area (Å²) >= 11 is 1.82. The third-order valence-electron chi connectivity index (χ3n) is 2.79. The van der Waals surface area contributed by atoms with Gasteiger partial charge in [-0.1, -0.05) is 0 Å². The third kappa shape index (κ3) is 2.56. The molecule has 1 aliphatic heterocycles. The Balaban J connectivity index is 2.06. The van der Waals surface area contributed by atoms with Crippen molar-refractivity contribution in [2.75, 3.05) is 19.8 Å². The highest BCUT2D eigenvalue weighted by molar-refractivity contribution is 7.11. The van der Waals surface area contributed by atoms with Gasteiger partial charge in [0.2, 0.25) is 0 Å². The van der Waals surface area contributed by atoms with Crippen molar-refractivity contribution in [3.63, 3.8) is 0 Å². The number of aryl methyl sites for hydroxylation is 2. The quantitative estimate of drug-likeness (QED) is 0.852. The van der Waals surface area contributed by atoms with E-state index in [4.69, 9.17) is 15.5 Å². The summed E-state index contributed by atoms with van der Waals surface area (Å²) in [6, 6.07) is 0. The van der Waals surface area contributed by atoms with Crippen LogP contribution in [0.2, 0.25) is 0 Å². The average Bonchev–Trinajstić information content (AvgIpc) is 2.83. The van der Waals surface area contributed by atoms with E-state index in [0.717, 1.165) is 39.0 Å². The minimum Gasteiger partial charge on any atom is -0.381 e. The van der Waals surface area contributed by atoms with Gasteiger partial charge in [-0.3, -0.25) is 0 Å². The summed E-state index contributed by atoms with van der Waals surface area (Å²) in [7, 11) is 0. The second-order valence-electron chi connectivity index (χ2n) is 4.00. The lowest BCUT2D eigenvalue weighted by molar-refractivity contribution is 0.193. The maximum Gasteiger partial charge on any atom is 0.0931 e. The average molecular weight is 226 g/mol. The van der Waals surface area contributed by atoms with Crippen LogP contribution < -0.4 is 5.73 Å². The summed E-state index contributed by atoms with van der Waals surface area (Å²) < 4.78 is 5.40. The van der Waals surface area contributed by atoms with Crippen LogP contribution in [0.15, 0.2) is 0 Å². The Morgan fingerprint density at radius 1 is 1.60 bits per heavy atom. The van der Waals surface area contributed by atoms with Crippen molar-refractivity contribution in [1.29, 1.82) is 0 Å². The van der Waals surface area contributed by atoms with E-state index < -0.39 is 0 Å². The van der Waals surface area contributed by atoms with Gasteiger partial charge in [0.05, 0.1) is 17.3 Å². The van der Waals surface area contributed by atoms with Crippen molar-refractivity contribution in [2.24, 2.45) is 5.73 Å². The molecule has 0 aliphatic carbocycles. The molecule has 0 saturated carbocycles. The van der Waals surface area contributed by atoms with Crippen molar-refractivity contribution in [1.82, 2.24) is 4.98 Å². The Labute approximate surface area is 94.7 Å². The van der Waals surface area contributed by atoms with Gasteiger partial charge in [0.1, 0.15) is 0 Å². The molecule has 1 unspecified atom stereocenters. The van der Waals surface area contributed by atoms with Crippen LogP contribution in [-0.4, -0.2) is 24.7 Å². The van der Waals surface area contributed by atoms with Crippen LogP contribution in [0.5, 0.6) is 0 Å². The van der Waals surface area contributed by atoms with Crippen LogP contribution in [0, 0.1) is 6.92 Å². The van der Waals surface area contributed by atoms with Crippen LogP contribution in [0.3, 0.4) is 0 Å². The standard InChI is InChI=1S/C11H18N2OS/c1-8-11(9-4-6-14-7-9)13-10(15-8)3-2-5-12/h9H,2-7,12H2,1H3. The largest absolute Gasteiger partial charge is 0.381 e. The molecular formula is C11H18N2OS. The molecule has 1 aromatic rings. The zero-order valence-corrected chi connectivity index (χ0v) is 9.98. The summed E-state index contributed by atoms with van der Waals surface area (Å²) in [4.78, 5) is 6.07.